The molecule has 3 rings (SSSR count). The summed E-state index contributed by atoms with van der Waals surface area (Å²) in [6, 6.07) is 8.48. The van der Waals surface area contributed by atoms with Crippen molar-refractivity contribution in [2.24, 2.45) is 0 Å². The van der Waals surface area contributed by atoms with Crippen molar-refractivity contribution in [2.45, 2.75) is 62.4 Å². The van der Waals surface area contributed by atoms with E-state index >= 15 is 0 Å². The zero-order valence-electron chi connectivity index (χ0n) is 16.4. The van der Waals surface area contributed by atoms with Crippen LogP contribution in [0, 0.1) is 0 Å². The van der Waals surface area contributed by atoms with Gasteiger partial charge in [0.05, 0.1) is 5.25 Å². The van der Waals surface area contributed by atoms with E-state index in [1.165, 1.54) is 17.3 Å². The van der Waals surface area contributed by atoms with Crippen LogP contribution in [0.15, 0.2) is 42.1 Å². The van der Waals surface area contributed by atoms with Crippen LogP contribution in [-0.2, 0) is 16.8 Å². The van der Waals surface area contributed by atoms with Crippen molar-refractivity contribution in [1.29, 1.82) is 0 Å². The van der Waals surface area contributed by atoms with Crippen LogP contribution in [0.1, 0.15) is 45.6 Å². The highest BCUT2D eigenvalue weighted by molar-refractivity contribution is 8.00. The van der Waals surface area contributed by atoms with Crippen molar-refractivity contribution >= 4 is 17.7 Å². The van der Waals surface area contributed by atoms with E-state index in [4.69, 9.17) is 0 Å². The summed E-state index contributed by atoms with van der Waals surface area (Å²) >= 11 is 1.50. The van der Waals surface area contributed by atoms with Crippen LogP contribution in [-0.4, -0.2) is 32.5 Å². The molecule has 0 bridgehead atoms. The van der Waals surface area contributed by atoms with Crippen molar-refractivity contribution in [3.05, 3.63) is 42.5 Å². The van der Waals surface area contributed by atoms with E-state index in [-0.39, 0.29) is 16.6 Å². The van der Waals surface area contributed by atoms with Gasteiger partial charge in [-0.1, -0.05) is 69.3 Å². The van der Waals surface area contributed by atoms with Gasteiger partial charge in [0.15, 0.2) is 11.0 Å². The van der Waals surface area contributed by atoms with Crippen molar-refractivity contribution < 1.29 is 4.79 Å². The summed E-state index contributed by atoms with van der Waals surface area (Å²) in [6.07, 6.45) is 4.79. The maximum absolute atomic E-state index is 12.3. The predicted octanol–water partition coefficient (Wildman–Crippen LogP) is 4.19. The number of nitrogens with one attached hydrogen (secondary N) is 1. The number of allylic oxidation sites excluding steroid dienone is 1. The topological polar surface area (TPSA) is 59.8 Å². The van der Waals surface area contributed by atoms with Gasteiger partial charge < -0.3 is 5.32 Å². The smallest absolute Gasteiger partial charge is 0.233 e. The Balaban J connectivity index is 1.88. The van der Waals surface area contributed by atoms with Crippen LogP contribution < -0.4 is 5.32 Å². The molecule has 2 heterocycles. The van der Waals surface area contributed by atoms with Gasteiger partial charge in [0, 0.05) is 18.7 Å². The second kappa shape index (κ2) is 8.30. The second-order valence-electron chi connectivity index (χ2n) is 7.93. The van der Waals surface area contributed by atoms with E-state index in [1.54, 1.807) is 0 Å². The van der Waals surface area contributed by atoms with E-state index in [0.717, 1.165) is 42.4 Å². The molecule has 0 saturated carbocycles. The molecule has 0 radical (unpaired) electrons. The molecule has 1 atom stereocenters. The van der Waals surface area contributed by atoms with Crippen LogP contribution in [0.25, 0.3) is 11.4 Å². The largest absolute Gasteiger partial charge is 0.355 e. The van der Waals surface area contributed by atoms with Gasteiger partial charge in [-0.05, 0) is 23.8 Å². The molecule has 1 aliphatic heterocycles. The average molecular weight is 385 g/mol. The average Bonchev–Trinajstić information content (AvgIpc) is 2.90. The number of hydrogen-bond donors (Lipinski definition) is 1. The Labute approximate surface area is 165 Å². The lowest BCUT2D eigenvalue weighted by Gasteiger charge is -2.19. The highest BCUT2D eigenvalue weighted by Gasteiger charge is 2.25. The molecule has 1 amide bonds. The first-order valence-electron chi connectivity index (χ1n) is 9.49. The third-order valence-corrected chi connectivity index (χ3v) is 6.02. The molecule has 144 valence electrons. The van der Waals surface area contributed by atoms with Crippen molar-refractivity contribution in [2.75, 3.05) is 6.54 Å². The quantitative estimate of drug-likeness (QED) is 0.785. The van der Waals surface area contributed by atoms with E-state index in [1.807, 2.05) is 10.6 Å². The highest BCUT2D eigenvalue weighted by Crippen LogP contribution is 2.31. The number of benzene rings is 1. The van der Waals surface area contributed by atoms with Crippen molar-refractivity contribution in [1.82, 2.24) is 20.1 Å². The van der Waals surface area contributed by atoms with Crippen LogP contribution in [0.5, 0.6) is 0 Å². The molecular weight excluding hydrogens is 356 g/mol. The highest BCUT2D eigenvalue weighted by atomic mass is 32.2. The third kappa shape index (κ3) is 4.61. The van der Waals surface area contributed by atoms with Gasteiger partial charge in [-0.2, -0.15) is 0 Å². The Morgan fingerprint density at radius 2 is 2.00 bits per heavy atom. The maximum atomic E-state index is 12.3. The lowest BCUT2D eigenvalue weighted by molar-refractivity contribution is -0.120. The number of amides is 1. The minimum atomic E-state index is -0.114. The third-order valence-electron chi connectivity index (χ3n) is 4.77. The molecule has 2 aromatic rings. The first kappa shape index (κ1) is 19.7. The predicted molar refractivity (Wildman–Crippen MR) is 111 cm³/mol. The number of nitrogens with zero attached hydrogens (tertiary/aromatic N) is 3. The summed E-state index contributed by atoms with van der Waals surface area (Å²) < 4.78 is 2.04. The molecule has 5 nitrogen and oxygen atoms in total. The molecule has 6 heteroatoms. The van der Waals surface area contributed by atoms with Gasteiger partial charge in [0.1, 0.15) is 0 Å². The fourth-order valence-electron chi connectivity index (χ4n) is 3.15. The van der Waals surface area contributed by atoms with Crippen LogP contribution >= 0.6 is 11.8 Å². The summed E-state index contributed by atoms with van der Waals surface area (Å²) in [6.45, 7) is 11.9. The SMILES string of the molecule is C=CCn1c(SC2CCCCNC2=O)nnc1-c1ccc(C(C)(C)C)cc1. The molecule has 1 unspecified atom stereocenters. The van der Waals surface area contributed by atoms with E-state index in [9.17, 15) is 4.79 Å². The molecule has 0 aliphatic carbocycles. The van der Waals surface area contributed by atoms with Crippen LogP contribution in [0.3, 0.4) is 0 Å². The second-order valence-corrected chi connectivity index (χ2v) is 9.10. The number of hydrogen-bond acceptors (Lipinski definition) is 4. The summed E-state index contributed by atoms with van der Waals surface area (Å²) in [5.41, 5.74) is 2.42. The molecule has 27 heavy (non-hydrogen) atoms. The molecule has 0 spiro atoms. The Kier molecular flexibility index (Phi) is 6.05. The molecule has 1 fully saturated rings. The first-order chi connectivity index (χ1) is 12.9. The van der Waals surface area contributed by atoms with Gasteiger partial charge in [-0.15, -0.1) is 16.8 Å². The fraction of sp³-hybridized carbons (Fsp3) is 0.476. The Morgan fingerprint density at radius 1 is 1.26 bits per heavy atom. The standard InChI is InChI=1S/C21H28N4OS/c1-5-14-25-18(15-9-11-16(12-10-15)21(2,3)4)23-24-20(25)27-17-8-6-7-13-22-19(17)26/h5,9-12,17H,1,6-8,13-14H2,2-4H3,(H,22,26). The Hall–Kier alpha value is -2.08. The van der Waals surface area contributed by atoms with E-state index in [0.29, 0.717) is 6.54 Å². The molecule has 1 N–H and O–H groups in total. The number of rotatable bonds is 5. The van der Waals surface area contributed by atoms with Gasteiger partial charge in [-0.25, -0.2) is 0 Å². The molecular formula is C21H28N4OS. The lowest BCUT2D eigenvalue weighted by Crippen LogP contribution is -2.30. The number of carbonyl (C=O) groups is 1. The zero-order chi connectivity index (χ0) is 19.4. The van der Waals surface area contributed by atoms with Gasteiger partial charge in [-0.3, -0.25) is 9.36 Å². The maximum Gasteiger partial charge on any atom is 0.233 e. The first-order valence-corrected chi connectivity index (χ1v) is 10.4. The normalized spacial score (nSPS) is 18.0. The number of carbonyl (C=O) groups excluding carboxylic acids is 1. The van der Waals surface area contributed by atoms with Gasteiger partial charge in [0.2, 0.25) is 5.91 Å². The number of thioether (sulfide) groups is 1. The van der Waals surface area contributed by atoms with E-state index < -0.39 is 0 Å². The molecule has 1 aromatic heterocycles. The monoisotopic (exact) mass is 384 g/mol. The Morgan fingerprint density at radius 3 is 2.67 bits per heavy atom. The zero-order valence-corrected chi connectivity index (χ0v) is 17.2. The number of aromatic nitrogens is 3. The molecule has 1 aromatic carbocycles. The summed E-state index contributed by atoms with van der Waals surface area (Å²) in [5, 5.41) is 12.5. The van der Waals surface area contributed by atoms with Crippen molar-refractivity contribution in [3.8, 4) is 11.4 Å². The minimum Gasteiger partial charge on any atom is -0.355 e. The summed E-state index contributed by atoms with van der Waals surface area (Å²) in [5.74, 6) is 0.911. The van der Waals surface area contributed by atoms with Crippen LogP contribution in [0.4, 0.5) is 0 Å². The van der Waals surface area contributed by atoms with Gasteiger partial charge >= 0.3 is 0 Å². The van der Waals surface area contributed by atoms with Crippen LogP contribution in [0.2, 0.25) is 0 Å². The summed E-state index contributed by atoms with van der Waals surface area (Å²) in [7, 11) is 0. The fourth-order valence-corrected chi connectivity index (χ4v) is 4.26. The molecule has 1 saturated heterocycles. The van der Waals surface area contributed by atoms with E-state index in [2.05, 4.69) is 67.1 Å². The lowest BCUT2D eigenvalue weighted by atomic mass is 9.87. The summed E-state index contributed by atoms with van der Waals surface area (Å²) in [4.78, 5) is 12.3. The van der Waals surface area contributed by atoms with Crippen molar-refractivity contribution in [3.63, 3.8) is 0 Å². The molecule has 1 aliphatic rings. The Bertz CT molecular complexity index is 805. The minimum absolute atomic E-state index is 0.0988. The van der Waals surface area contributed by atoms with Gasteiger partial charge in [0.25, 0.3) is 0 Å².